The zero-order valence-corrected chi connectivity index (χ0v) is 17.6. The first-order chi connectivity index (χ1) is 14.5. The maximum atomic E-state index is 12.6. The summed E-state index contributed by atoms with van der Waals surface area (Å²) in [5.74, 6) is -0.409. The lowest BCUT2D eigenvalue weighted by Gasteiger charge is -2.10. The second kappa shape index (κ2) is 9.99. The number of rotatable bonds is 7. The predicted octanol–water partition coefficient (Wildman–Crippen LogP) is 2.99. The first-order valence-corrected chi connectivity index (χ1v) is 9.73. The molecule has 10 heteroatoms. The number of benzene rings is 2. The highest BCUT2D eigenvalue weighted by Crippen LogP contribution is 2.16. The molecule has 0 aliphatic heterocycles. The lowest BCUT2D eigenvalue weighted by molar-refractivity contribution is -0.116. The van der Waals surface area contributed by atoms with E-state index in [9.17, 15) is 14.4 Å². The van der Waals surface area contributed by atoms with E-state index in [1.807, 2.05) is 0 Å². The van der Waals surface area contributed by atoms with Gasteiger partial charge in [-0.25, -0.2) is 9.78 Å². The van der Waals surface area contributed by atoms with Crippen LogP contribution in [0.25, 0.3) is 10.9 Å². The molecular formula is C20H19BrN4O5. The number of hydrogen-bond acceptors (Lipinski definition) is 6. The van der Waals surface area contributed by atoms with Crippen molar-refractivity contribution in [3.63, 3.8) is 0 Å². The quantitative estimate of drug-likeness (QED) is 0.509. The van der Waals surface area contributed by atoms with Crippen LogP contribution in [0, 0.1) is 0 Å². The molecule has 1 aromatic heterocycles. The van der Waals surface area contributed by atoms with Crippen LogP contribution >= 0.6 is 15.9 Å². The zero-order valence-electron chi connectivity index (χ0n) is 16.1. The number of nitrogens with one attached hydrogen (secondary N) is 2. The summed E-state index contributed by atoms with van der Waals surface area (Å²) in [6, 6.07) is 11.8. The first-order valence-electron chi connectivity index (χ1n) is 8.93. The summed E-state index contributed by atoms with van der Waals surface area (Å²) in [4.78, 5) is 40.9. The van der Waals surface area contributed by atoms with Crippen LogP contribution in [0.3, 0.4) is 0 Å². The molecule has 2 aromatic carbocycles. The molecule has 1 heterocycles. The normalized spacial score (nSPS) is 10.6. The fraction of sp³-hybridized carbons (Fsp3) is 0.200. The van der Waals surface area contributed by atoms with Gasteiger partial charge in [-0.1, -0.05) is 22.0 Å². The Hall–Kier alpha value is -3.24. The fourth-order valence-electron chi connectivity index (χ4n) is 2.65. The number of carbonyl (C=O) groups is 2. The molecule has 2 amide bonds. The Morgan fingerprint density at radius 1 is 1.10 bits per heavy atom. The largest absolute Gasteiger partial charge is 0.447 e. The van der Waals surface area contributed by atoms with Gasteiger partial charge in [0.15, 0.2) is 0 Å². The Balaban J connectivity index is 1.65. The molecule has 0 radical (unpaired) electrons. The number of nitrogens with zero attached hydrogens (tertiary/aromatic N) is 2. The van der Waals surface area contributed by atoms with Gasteiger partial charge in [0.25, 0.3) is 5.56 Å². The SMILES string of the molecule is COCCOC(=O)Nc1cccc(NC(=O)Cn2cnc3ccc(Br)cc3c2=O)c1. The highest BCUT2D eigenvalue weighted by Gasteiger charge is 2.10. The average molecular weight is 475 g/mol. The molecule has 0 fully saturated rings. The van der Waals surface area contributed by atoms with E-state index in [-0.39, 0.29) is 18.7 Å². The van der Waals surface area contributed by atoms with E-state index in [2.05, 4.69) is 31.5 Å². The van der Waals surface area contributed by atoms with Gasteiger partial charge < -0.3 is 14.8 Å². The third-order valence-corrected chi connectivity index (χ3v) is 4.51. The average Bonchev–Trinajstić information content (AvgIpc) is 2.71. The highest BCUT2D eigenvalue weighted by atomic mass is 79.9. The molecule has 156 valence electrons. The maximum absolute atomic E-state index is 12.6. The number of methoxy groups -OCH3 is 1. The van der Waals surface area contributed by atoms with E-state index in [0.717, 1.165) is 4.47 Å². The van der Waals surface area contributed by atoms with Crippen LogP contribution in [0.4, 0.5) is 16.2 Å². The Kier molecular flexibility index (Phi) is 7.15. The Labute approximate surface area is 180 Å². The Morgan fingerprint density at radius 3 is 2.63 bits per heavy atom. The molecule has 3 rings (SSSR count). The summed E-state index contributed by atoms with van der Waals surface area (Å²) in [6.07, 6.45) is 0.710. The van der Waals surface area contributed by atoms with Gasteiger partial charge in [0.05, 0.1) is 23.8 Å². The minimum atomic E-state index is -0.629. The molecule has 0 saturated carbocycles. The van der Waals surface area contributed by atoms with Gasteiger partial charge in [-0.15, -0.1) is 0 Å². The smallest absolute Gasteiger partial charge is 0.411 e. The van der Waals surface area contributed by atoms with Gasteiger partial charge >= 0.3 is 6.09 Å². The van der Waals surface area contributed by atoms with E-state index in [1.54, 1.807) is 42.5 Å². The number of carbonyl (C=O) groups excluding carboxylic acids is 2. The van der Waals surface area contributed by atoms with E-state index in [4.69, 9.17) is 9.47 Å². The second-order valence-electron chi connectivity index (χ2n) is 6.22. The molecule has 0 saturated heterocycles. The van der Waals surface area contributed by atoms with Crippen molar-refractivity contribution in [2.75, 3.05) is 31.0 Å². The molecule has 9 nitrogen and oxygen atoms in total. The first kappa shape index (κ1) is 21.5. The van der Waals surface area contributed by atoms with Crippen molar-refractivity contribution in [3.8, 4) is 0 Å². The molecule has 2 N–H and O–H groups in total. The van der Waals surface area contributed by atoms with Crippen LogP contribution in [0.5, 0.6) is 0 Å². The van der Waals surface area contributed by atoms with Gasteiger partial charge in [0, 0.05) is 23.0 Å². The Morgan fingerprint density at radius 2 is 1.87 bits per heavy atom. The number of ether oxygens (including phenoxy) is 2. The monoisotopic (exact) mass is 474 g/mol. The van der Waals surface area contributed by atoms with Crippen molar-refractivity contribution in [2.45, 2.75) is 6.54 Å². The number of fused-ring (bicyclic) bond motifs is 1. The minimum absolute atomic E-state index is 0.129. The van der Waals surface area contributed by atoms with E-state index in [0.29, 0.717) is 28.9 Å². The van der Waals surface area contributed by atoms with Crippen LogP contribution < -0.4 is 16.2 Å². The van der Waals surface area contributed by atoms with Gasteiger partial charge in [-0.3, -0.25) is 19.5 Å². The van der Waals surface area contributed by atoms with Crippen LogP contribution in [0.2, 0.25) is 0 Å². The topological polar surface area (TPSA) is 112 Å². The molecule has 30 heavy (non-hydrogen) atoms. The van der Waals surface area contributed by atoms with Crippen molar-refractivity contribution in [2.24, 2.45) is 0 Å². The van der Waals surface area contributed by atoms with E-state index in [1.165, 1.54) is 18.0 Å². The minimum Gasteiger partial charge on any atom is -0.447 e. The standard InChI is InChI=1S/C20H19BrN4O5/c1-29-7-8-30-20(28)24-15-4-2-3-14(10-15)23-18(26)11-25-12-22-17-6-5-13(21)9-16(17)19(25)27/h2-6,9-10,12H,7-8,11H2,1H3,(H,23,26)(H,24,28). The second-order valence-corrected chi connectivity index (χ2v) is 7.14. The lowest BCUT2D eigenvalue weighted by Crippen LogP contribution is -2.28. The van der Waals surface area contributed by atoms with Gasteiger partial charge in [-0.05, 0) is 36.4 Å². The van der Waals surface area contributed by atoms with Gasteiger partial charge in [0.1, 0.15) is 13.2 Å². The fourth-order valence-corrected chi connectivity index (χ4v) is 3.01. The van der Waals surface area contributed by atoms with Crippen molar-refractivity contribution in [3.05, 3.63) is 63.6 Å². The van der Waals surface area contributed by atoms with Crippen molar-refractivity contribution in [1.82, 2.24) is 9.55 Å². The summed E-state index contributed by atoms with van der Waals surface area (Å²) >= 11 is 3.33. The molecule has 0 aliphatic rings. The number of halogens is 1. The lowest BCUT2D eigenvalue weighted by atomic mass is 10.2. The van der Waals surface area contributed by atoms with E-state index >= 15 is 0 Å². The van der Waals surface area contributed by atoms with Crippen LogP contribution in [-0.2, 0) is 20.8 Å². The van der Waals surface area contributed by atoms with Gasteiger partial charge in [-0.2, -0.15) is 0 Å². The predicted molar refractivity (Wildman–Crippen MR) is 116 cm³/mol. The molecule has 0 unspecified atom stereocenters. The summed E-state index contributed by atoms with van der Waals surface area (Å²) in [7, 11) is 1.51. The van der Waals surface area contributed by atoms with Gasteiger partial charge in [0.2, 0.25) is 5.91 Å². The van der Waals surface area contributed by atoms with E-state index < -0.39 is 12.0 Å². The maximum Gasteiger partial charge on any atom is 0.411 e. The number of hydrogen-bond donors (Lipinski definition) is 2. The number of aromatic nitrogens is 2. The molecule has 0 spiro atoms. The summed E-state index contributed by atoms with van der Waals surface area (Å²) in [5.41, 5.74) is 1.14. The zero-order chi connectivity index (χ0) is 21.5. The summed E-state index contributed by atoms with van der Waals surface area (Å²) in [6.45, 7) is 0.221. The third kappa shape index (κ3) is 5.65. The molecular weight excluding hydrogens is 456 g/mol. The highest BCUT2D eigenvalue weighted by molar-refractivity contribution is 9.10. The van der Waals surface area contributed by atoms with Crippen LogP contribution in [0.15, 0.2) is 58.1 Å². The summed E-state index contributed by atoms with van der Waals surface area (Å²) in [5, 5.41) is 5.67. The third-order valence-electron chi connectivity index (χ3n) is 4.01. The van der Waals surface area contributed by atoms with Crippen LogP contribution in [-0.4, -0.2) is 41.9 Å². The van der Waals surface area contributed by atoms with Crippen molar-refractivity contribution >= 4 is 50.2 Å². The Bertz CT molecular complexity index is 1130. The van der Waals surface area contributed by atoms with Crippen LogP contribution in [0.1, 0.15) is 0 Å². The van der Waals surface area contributed by atoms with Crippen molar-refractivity contribution < 1.29 is 19.1 Å². The number of anilines is 2. The summed E-state index contributed by atoms with van der Waals surface area (Å²) < 4.78 is 11.7. The molecule has 3 aromatic rings. The van der Waals surface area contributed by atoms with Crippen molar-refractivity contribution in [1.29, 1.82) is 0 Å². The molecule has 0 bridgehead atoms. The molecule has 0 atom stereocenters. The number of amides is 2. The molecule has 0 aliphatic carbocycles.